The molecule has 2 rings (SSSR count). The lowest BCUT2D eigenvalue weighted by molar-refractivity contribution is 0.603. The third-order valence-corrected chi connectivity index (χ3v) is 2.75. The first-order valence-electron chi connectivity index (χ1n) is 8.26. The Morgan fingerprint density at radius 2 is 1.00 bits per heavy atom. The number of hydrogen-bond donors (Lipinski definition) is 1. The predicted molar refractivity (Wildman–Crippen MR) is 100 cm³/mol. The Hall–Kier alpha value is -1.60. The van der Waals surface area contributed by atoms with Crippen LogP contribution in [0.1, 0.15) is 59.1 Å². The van der Waals surface area contributed by atoms with Crippen LogP contribution in [0.15, 0.2) is 60.7 Å². The molecule has 2 aromatic rings. The molecular formula is C21H33N. The van der Waals surface area contributed by atoms with Crippen LogP contribution in [0.3, 0.4) is 0 Å². The van der Waals surface area contributed by atoms with E-state index in [0.29, 0.717) is 0 Å². The van der Waals surface area contributed by atoms with Gasteiger partial charge in [0.25, 0.3) is 0 Å². The van der Waals surface area contributed by atoms with Crippen molar-refractivity contribution < 1.29 is 0 Å². The molecular weight excluding hydrogens is 266 g/mol. The molecule has 2 aromatic carbocycles. The maximum Gasteiger partial charge on any atom is 0.0636 e. The van der Waals surface area contributed by atoms with Gasteiger partial charge in [-0.3, -0.25) is 0 Å². The molecule has 0 amide bonds. The summed E-state index contributed by atoms with van der Waals surface area (Å²) in [5.74, 6) is 0.833. The monoisotopic (exact) mass is 299 g/mol. The molecule has 0 saturated heterocycles. The van der Waals surface area contributed by atoms with Crippen LogP contribution >= 0.6 is 0 Å². The molecule has 0 aliphatic carbocycles. The number of nitrogens with two attached hydrogens (primary N) is 1. The predicted octanol–water partition coefficient (Wildman–Crippen LogP) is 5.99. The van der Waals surface area contributed by atoms with Gasteiger partial charge in [0.1, 0.15) is 0 Å². The lowest BCUT2D eigenvalue weighted by Crippen LogP contribution is -2.34. The van der Waals surface area contributed by atoms with E-state index in [9.17, 15) is 0 Å². The average molecular weight is 300 g/mol. The van der Waals surface area contributed by atoms with Gasteiger partial charge in [0, 0.05) is 0 Å². The van der Waals surface area contributed by atoms with Gasteiger partial charge in [-0.25, -0.2) is 0 Å². The Balaban J connectivity index is 0.000000537. The van der Waals surface area contributed by atoms with Crippen molar-refractivity contribution in [2.75, 3.05) is 0 Å². The van der Waals surface area contributed by atoms with E-state index in [4.69, 9.17) is 5.73 Å². The summed E-state index contributed by atoms with van der Waals surface area (Å²) < 4.78 is 0. The van der Waals surface area contributed by atoms with Crippen molar-refractivity contribution in [1.29, 1.82) is 0 Å². The maximum atomic E-state index is 6.36. The maximum absolute atomic E-state index is 6.36. The second-order valence-electron chi connectivity index (χ2n) is 6.37. The van der Waals surface area contributed by atoms with Crippen LogP contribution in [-0.2, 0) is 5.54 Å². The zero-order chi connectivity index (χ0) is 17.0. The number of hydrogen-bond acceptors (Lipinski definition) is 1. The highest BCUT2D eigenvalue weighted by molar-refractivity contribution is 5.36. The highest BCUT2D eigenvalue weighted by Crippen LogP contribution is 2.25. The molecule has 0 fully saturated rings. The minimum Gasteiger partial charge on any atom is -0.318 e. The van der Waals surface area contributed by atoms with E-state index in [1.807, 2.05) is 43.3 Å². The van der Waals surface area contributed by atoms with Gasteiger partial charge >= 0.3 is 0 Å². The number of benzene rings is 2. The van der Waals surface area contributed by atoms with E-state index in [1.54, 1.807) is 0 Å². The van der Waals surface area contributed by atoms with E-state index in [0.717, 1.165) is 17.0 Å². The fraction of sp³-hybridized carbons (Fsp3) is 0.429. The minimum absolute atomic E-state index is 0.414. The summed E-state index contributed by atoms with van der Waals surface area (Å²) in [5, 5.41) is 0. The van der Waals surface area contributed by atoms with Gasteiger partial charge in [0.05, 0.1) is 5.54 Å². The summed E-state index contributed by atoms with van der Waals surface area (Å²) in [5.41, 5.74) is 8.22. The van der Waals surface area contributed by atoms with Crippen LogP contribution in [0.25, 0.3) is 0 Å². The van der Waals surface area contributed by atoms with E-state index < -0.39 is 5.54 Å². The van der Waals surface area contributed by atoms with Gasteiger partial charge in [-0.15, -0.1) is 0 Å². The highest BCUT2D eigenvalue weighted by atomic mass is 14.7. The Morgan fingerprint density at radius 3 is 1.23 bits per heavy atom. The molecule has 2 N–H and O–H groups in total. The van der Waals surface area contributed by atoms with E-state index in [-0.39, 0.29) is 0 Å². The van der Waals surface area contributed by atoms with E-state index in [2.05, 4.69) is 58.9 Å². The normalized spacial score (nSPS) is 10.2. The molecule has 0 saturated carbocycles. The minimum atomic E-state index is -0.414. The van der Waals surface area contributed by atoms with Crippen molar-refractivity contribution in [3.8, 4) is 0 Å². The van der Waals surface area contributed by atoms with Crippen molar-refractivity contribution in [2.45, 2.75) is 53.5 Å². The van der Waals surface area contributed by atoms with Crippen LogP contribution in [-0.4, -0.2) is 0 Å². The quantitative estimate of drug-likeness (QED) is 0.724. The van der Waals surface area contributed by atoms with Gasteiger partial charge in [-0.2, -0.15) is 0 Å². The molecule has 0 unspecified atom stereocenters. The second-order valence-corrected chi connectivity index (χ2v) is 6.37. The molecule has 0 spiro atoms. The zero-order valence-electron chi connectivity index (χ0n) is 15.1. The molecule has 0 bridgehead atoms. The number of rotatable bonds is 2. The third-order valence-electron chi connectivity index (χ3n) is 2.75. The fourth-order valence-corrected chi connectivity index (χ4v) is 1.74. The SMILES string of the molecule is CC(C)C.CC(N)(c1ccccc1)c1ccccc1.CCC. The summed E-state index contributed by atoms with van der Waals surface area (Å²) in [6, 6.07) is 20.3. The van der Waals surface area contributed by atoms with Crippen LogP contribution < -0.4 is 5.73 Å². The molecule has 0 aliphatic rings. The fourth-order valence-electron chi connectivity index (χ4n) is 1.74. The van der Waals surface area contributed by atoms with Gasteiger partial charge in [0.15, 0.2) is 0 Å². The molecule has 0 atom stereocenters. The third kappa shape index (κ3) is 7.99. The second kappa shape index (κ2) is 11.0. The van der Waals surface area contributed by atoms with E-state index >= 15 is 0 Å². The van der Waals surface area contributed by atoms with Gasteiger partial charge in [-0.05, 0) is 24.0 Å². The molecule has 0 aromatic heterocycles. The van der Waals surface area contributed by atoms with Crippen LogP contribution in [0.2, 0.25) is 0 Å². The average Bonchev–Trinajstić information content (AvgIpc) is 2.49. The van der Waals surface area contributed by atoms with Crippen molar-refractivity contribution in [1.82, 2.24) is 0 Å². The smallest absolute Gasteiger partial charge is 0.0636 e. The van der Waals surface area contributed by atoms with Crippen LogP contribution in [0.5, 0.6) is 0 Å². The zero-order valence-corrected chi connectivity index (χ0v) is 15.1. The van der Waals surface area contributed by atoms with Gasteiger partial charge < -0.3 is 5.73 Å². The molecule has 22 heavy (non-hydrogen) atoms. The van der Waals surface area contributed by atoms with Crippen LogP contribution in [0, 0.1) is 5.92 Å². The lowest BCUT2D eigenvalue weighted by Gasteiger charge is -2.25. The van der Waals surface area contributed by atoms with Crippen molar-refractivity contribution in [2.24, 2.45) is 11.7 Å². The van der Waals surface area contributed by atoms with Crippen LogP contribution in [0.4, 0.5) is 0 Å². The Kier molecular flexibility index (Phi) is 10.2. The van der Waals surface area contributed by atoms with Crippen molar-refractivity contribution in [3.05, 3.63) is 71.8 Å². The lowest BCUT2D eigenvalue weighted by atomic mass is 9.86. The largest absolute Gasteiger partial charge is 0.318 e. The molecule has 1 nitrogen and oxygen atoms in total. The molecule has 122 valence electrons. The Labute approximate surface area is 137 Å². The molecule has 0 aliphatic heterocycles. The van der Waals surface area contributed by atoms with E-state index in [1.165, 1.54) is 6.42 Å². The molecule has 0 heterocycles. The highest BCUT2D eigenvalue weighted by Gasteiger charge is 2.22. The summed E-state index contributed by atoms with van der Waals surface area (Å²) in [6.45, 7) is 12.8. The summed E-state index contributed by atoms with van der Waals surface area (Å²) in [7, 11) is 0. The standard InChI is InChI=1S/C14H15N.C4H10.C3H8/c1-14(15,12-8-4-2-5-9-12)13-10-6-3-7-11-13;1-4(2)3;1-3-2/h2-11H,15H2,1H3;4H,1-3H3;3H2,1-2H3. The first-order chi connectivity index (χ1) is 10.4. The summed E-state index contributed by atoms with van der Waals surface area (Å²) >= 11 is 0. The van der Waals surface area contributed by atoms with Crippen molar-refractivity contribution >= 4 is 0 Å². The Morgan fingerprint density at radius 1 is 0.773 bits per heavy atom. The van der Waals surface area contributed by atoms with Gasteiger partial charge in [-0.1, -0.05) is 102 Å². The first-order valence-corrected chi connectivity index (χ1v) is 8.26. The summed E-state index contributed by atoms with van der Waals surface area (Å²) in [6.07, 6.45) is 1.25. The van der Waals surface area contributed by atoms with Crippen molar-refractivity contribution in [3.63, 3.8) is 0 Å². The van der Waals surface area contributed by atoms with Gasteiger partial charge in [0.2, 0.25) is 0 Å². The first kappa shape index (κ1) is 20.4. The Bertz CT molecular complexity index is 428. The summed E-state index contributed by atoms with van der Waals surface area (Å²) in [4.78, 5) is 0. The molecule has 1 heteroatoms. The topological polar surface area (TPSA) is 26.0 Å². The molecule has 0 radical (unpaired) electrons.